The first-order valence-corrected chi connectivity index (χ1v) is 4.17. The van der Waals surface area contributed by atoms with Crippen LogP contribution in [0.2, 0.25) is 0 Å². The molecule has 0 heterocycles. The summed E-state index contributed by atoms with van der Waals surface area (Å²) in [6, 6.07) is 2.20. The molecule has 1 unspecified atom stereocenters. The van der Waals surface area contributed by atoms with E-state index in [-0.39, 0.29) is 5.56 Å². The first kappa shape index (κ1) is 11.3. The number of ketones is 1. The summed E-state index contributed by atoms with van der Waals surface area (Å²) in [6.07, 6.45) is 0. The number of benzene rings is 1. The lowest BCUT2D eigenvalue weighted by Gasteiger charge is -2.03. The number of carbonyl (C=O) groups is 1. The lowest BCUT2D eigenvalue weighted by Crippen LogP contribution is -2.26. The SMILES string of the molecule is CC(N)C(=O)c1ccc([N+](=O)[O-])c(F)c1. The van der Waals surface area contributed by atoms with Crippen molar-refractivity contribution in [3.8, 4) is 0 Å². The lowest BCUT2D eigenvalue weighted by molar-refractivity contribution is -0.387. The summed E-state index contributed by atoms with van der Waals surface area (Å²) in [4.78, 5) is 20.8. The van der Waals surface area contributed by atoms with Crippen LogP contribution in [-0.4, -0.2) is 16.7 Å². The van der Waals surface area contributed by atoms with Gasteiger partial charge in [-0.2, -0.15) is 4.39 Å². The summed E-state index contributed by atoms with van der Waals surface area (Å²) in [5.41, 5.74) is 4.69. The fraction of sp³-hybridized carbons (Fsp3) is 0.222. The van der Waals surface area contributed by atoms with E-state index in [1.165, 1.54) is 13.0 Å². The molecule has 0 aliphatic rings. The van der Waals surface area contributed by atoms with Crippen LogP contribution in [0.1, 0.15) is 17.3 Å². The van der Waals surface area contributed by atoms with Gasteiger partial charge in [-0.05, 0) is 19.1 Å². The molecule has 0 aromatic heterocycles. The molecule has 1 rings (SSSR count). The summed E-state index contributed by atoms with van der Waals surface area (Å²) in [5.74, 6) is -1.49. The predicted octanol–water partition coefficient (Wildman–Crippen LogP) is 1.26. The Balaban J connectivity index is 3.12. The van der Waals surface area contributed by atoms with Crippen molar-refractivity contribution in [2.45, 2.75) is 13.0 Å². The number of nitrogens with zero attached hydrogens (tertiary/aromatic N) is 1. The molecule has 15 heavy (non-hydrogen) atoms. The Labute approximate surface area is 84.8 Å². The maximum absolute atomic E-state index is 13.1. The van der Waals surface area contributed by atoms with E-state index < -0.39 is 28.3 Å². The van der Waals surface area contributed by atoms with Gasteiger partial charge in [-0.1, -0.05) is 0 Å². The Morgan fingerprint density at radius 2 is 2.20 bits per heavy atom. The van der Waals surface area contributed by atoms with Gasteiger partial charge in [0, 0.05) is 11.6 Å². The molecule has 0 aliphatic carbocycles. The van der Waals surface area contributed by atoms with E-state index in [2.05, 4.69) is 0 Å². The van der Waals surface area contributed by atoms with Gasteiger partial charge in [0.2, 0.25) is 5.82 Å². The molecule has 0 radical (unpaired) electrons. The average Bonchev–Trinajstić information content (AvgIpc) is 2.15. The molecule has 80 valence electrons. The highest BCUT2D eigenvalue weighted by Gasteiger charge is 2.18. The van der Waals surface area contributed by atoms with Gasteiger partial charge in [-0.25, -0.2) is 0 Å². The quantitative estimate of drug-likeness (QED) is 0.464. The molecule has 0 aliphatic heterocycles. The van der Waals surface area contributed by atoms with Crippen molar-refractivity contribution in [3.63, 3.8) is 0 Å². The highest BCUT2D eigenvalue weighted by molar-refractivity contribution is 5.99. The molecule has 0 spiro atoms. The van der Waals surface area contributed by atoms with Gasteiger partial charge in [-0.3, -0.25) is 14.9 Å². The Bertz CT molecular complexity index is 418. The molecule has 0 fully saturated rings. The Morgan fingerprint density at radius 3 is 2.60 bits per heavy atom. The maximum Gasteiger partial charge on any atom is 0.304 e. The topological polar surface area (TPSA) is 86.2 Å². The summed E-state index contributed by atoms with van der Waals surface area (Å²) >= 11 is 0. The molecule has 0 amide bonds. The van der Waals surface area contributed by atoms with E-state index in [0.29, 0.717) is 0 Å². The van der Waals surface area contributed by atoms with Crippen LogP contribution in [0.5, 0.6) is 0 Å². The molecule has 6 heteroatoms. The normalized spacial score (nSPS) is 12.2. The third kappa shape index (κ3) is 2.35. The molecule has 5 nitrogen and oxygen atoms in total. The van der Waals surface area contributed by atoms with Gasteiger partial charge in [0.15, 0.2) is 5.78 Å². The third-order valence-electron chi connectivity index (χ3n) is 1.84. The number of hydrogen-bond acceptors (Lipinski definition) is 4. The second-order valence-corrected chi connectivity index (χ2v) is 3.08. The van der Waals surface area contributed by atoms with Crippen molar-refractivity contribution in [2.24, 2.45) is 5.73 Å². The molecule has 1 aromatic rings. The average molecular weight is 212 g/mol. The number of hydrogen-bond donors (Lipinski definition) is 1. The second kappa shape index (κ2) is 4.14. The molecule has 0 bridgehead atoms. The Morgan fingerprint density at radius 1 is 1.60 bits per heavy atom. The zero-order chi connectivity index (χ0) is 11.6. The van der Waals surface area contributed by atoms with Crippen molar-refractivity contribution in [1.82, 2.24) is 0 Å². The van der Waals surface area contributed by atoms with E-state index in [1.807, 2.05) is 0 Å². The van der Waals surface area contributed by atoms with Crippen LogP contribution in [0.4, 0.5) is 10.1 Å². The van der Waals surface area contributed by atoms with Gasteiger partial charge < -0.3 is 5.73 Å². The van der Waals surface area contributed by atoms with Crippen LogP contribution in [0.25, 0.3) is 0 Å². The number of rotatable bonds is 3. The fourth-order valence-electron chi connectivity index (χ4n) is 1.07. The Kier molecular flexibility index (Phi) is 3.11. The minimum atomic E-state index is -1.04. The van der Waals surface area contributed by atoms with Crippen LogP contribution in [0, 0.1) is 15.9 Å². The summed E-state index contributed by atoms with van der Waals surface area (Å²) in [7, 11) is 0. The Hall–Kier alpha value is -1.82. The lowest BCUT2D eigenvalue weighted by atomic mass is 10.1. The van der Waals surface area contributed by atoms with Crippen molar-refractivity contribution in [3.05, 3.63) is 39.7 Å². The zero-order valence-corrected chi connectivity index (χ0v) is 7.94. The highest BCUT2D eigenvalue weighted by atomic mass is 19.1. The van der Waals surface area contributed by atoms with Crippen molar-refractivity contribution >= 4 is 11.5 Å². The zero-order valence-electron chi connectivity index (χ0n) is 7.94. The molecule has 0 saturated heterocycles. The number of nitro benzene ring substituents is 1. The maximum atomic E-state index is 13.1. The molecular weight excluding hydrogens is 203 g/mol. The van der Waals surface area contributed by atoms with Gasteiger partial charge >= 0.3 is 5.69 Å². The largest absolute Gasteiger partial charge is 0.321 e. The molecule has 1 atom stereocenters. The van der Waals surface area contributed by atoms with Crippen molar-refractivity contribution in [1.29, 1.82) is 0 Å². The van der Waals surface area contributed by atoms with Crippen molar-refractivity contribution < 1.29 is 14.1 Å². The van der Waals surface area contributed by atoms with E-state index in [9.17, 15) is 19.3 Å². The standard InChI is InChI=1S/C9H9FN2O3/c1-5(11)9(13)6-2-3-8(12(14)15)7(10)4-6/h2-5H,11H2,1H3. The first-order chi connectivity index (χ1) is 6.93. The fourth-order valence-corrected chi connectivity index (χ4v) is 1.07. The molecular formula is C9H9FN2O3. The van der Waals surface area contributed by atoms with Crippen molar-refractivity contribution in [2.75, 3.05) is 0 Å². The minimum Gasteiger partial charge on any atom is -0.321 e. The number of nitrogens with two attached hydrogens (primary N) is 1. The summed E-state index contributed by atoms with van der Waals surface area (Å²) in [5, 5.41) is 10.3. The van der Waals surface area contributed by atoms with E-state index in [4.69, 9.17) is 5.73 Å². The number of carbonyl (C=O) groups excluding carboxylic acids is 1. The predicted molar refractivity (Wildman–Crippen MR) is 51.0 cm³/mol. The van der Waals surface area contributed by atoms with Crippen LogP contribution in [-0.2, 0) is 0 Å². The molecule has 0 saturated carbocycles. The third-order valence-corrected chi connectivity index (χ3v) is 1.84. The smallest absolute Gasteiger partial charge is 0.304 e. The van der Waals surface area contributed by atoms with Gasteiger partial charge in [-0.15, -0.1) is 0 Å². The number of Topliss-reactive ketones (excluding diaryl/α,β-unsaturated/α-hetero) is 1. The highest BCUT2D eigenvalue weighted by Crippen LogP contribution is 2.18. The number of halogens is 1. The van der Waals surface area contributed by atoms with Gasteiger partial charge in [0.25, 0.3) is 0 Å². The molecule has 1 aromatic carbocycles. The summed E-state index contributed by atoms with van der Waals surface area (Å²) < 4.78 is 13.1. The minimum absolute atomic E-state index is 0.0353. The first-order valence-electron chi connectivity index (χ1n) is 4.17. The second-order valence-electron chi connectivity index (χ2n) is 3.08. The van der Waals surface area contributed by atoms with Crippen LogP contribution in [0.3, 0.4) is 0 Å². The number of nitro groups is 1. The van der Waals surface area contributed by atoms with Crippen LogP contribution >= 0.6 is 0 Å². The monoisotopic (exact) mass is 212 g/mol. The van der Waals surface area contributed by atoms with Gasteiger partial charge in [0.1, 0.15) is 0 Å². The van der Waals surface area contributed by atoms with Crippen LogP contribution in [0.15, 0.2) is 18.2 Å². The van der Waals surface area contributed by atoms with E-state index in [0.717, 1.165) is 12.1 Å². The molecule has 2 N–H and O–H groups in total. The van der Waals surface area contributed by atoms with Gasteiger partial charge in [0.05, 0.1) is 11.0 Å². The van der Waals surface area contributed by atoms with Crippen LogP contribution < -0.4 is 5.73 Å². The van der Waals surface area contributed by atoms with E-state index in [1.54, 1.807) is 0 Å². The summed E-state index contributed by atoms with van der Waals surface area (Å²) in [6.45, 7) is 1.46. The van der Waals surface area contributed by atoms with E-state index >= 15 is 0 Å².